The second-order valence-electron chi connectivity index (χ2n) is 9.29. The van der Waals surface area contributed by atoms with Crippen molar-refractivity contribution in [3.63, 3.8) is 0 Å². The van der Waals surface area contributed by atoms with Crippen molar-refractivity contribution in [2.45, 2.75) is 58.3 Å². The molecule has 0 aromatic heterocycles. The molecule has 6 atom stereocenters. The highest BCUT2D eigenvalue weighted by molar-refractivity contribution is 7.52. The van der Waals surface area contributed by atoms with E-state index in [1.54, 1.807) is 44.2 Å². The monoisotopic (exact) mass is 540 g/mol. The number of amidine groups is 1. The summed E-state index contributed by atoms with van der Waals surface area (Å²) in [6, 6.07) is 7.16. The number of hydrogen-bond donors (Lipinski definition) is 3. The molecular formula is C24H34FN4O7P. The fourth-order valence-corrected chi connectivity index (χ4v) is 5.23. The van der Waals surface area contributed by atoms with Gasteiger partial charge in [0.25, 0.3) is 0 Å². The highest BCUT2D eigenvalue weighted by Crippen LogP contribution is 2.48. The lowest BCUT2D eigenvalue weighted by Gasteiger charge is -2.31. The van der Waals surface area contributed by atoms with Gasteiger partial charge in [-0.1, -0.05) is 31.7 Å². The molecule has 204 valence electrons. The van der Waals surface area contributed by atoms with Gasteiger partial charge < -0.3 is 29.7 Å². The van der Waals surface area contributed by atoms with Crippen molar-refractivity contribution in [2.75, 3.05) is 13.2 Å². The van der Waals surface area contributed by atoms with E-state index in [1.807, 2.05) is 0 Å². The maximum atomic E-state index is 15.6. The van der Waals surface area contributed by atoms with Gasteiger partial charge in [0.2, 0.25) is 0 Å². The quantitative estimate of drug-likeness (QED) is 0.283. The van der Waals surface area contributed by atoms with Crippen molar-refractivity contribution in [3.8, 4) is 5.75 Å². The number of hydrogen-bond acceptors (Lipinski definition) is 10. The first-order chi connectivity index (χ1) is 17.4. The van der Waals surface area contributed by atoms with E-state index >= 15 is 4.39 Å². The predicted octanol–water partition coefficient (Wildman–Crippen LogP) is 2.84. The first-order valence-corrected chi connectivity index (χ1v) is 13.3. The van der Waals surface area contributed by atoms with E-state index in [1.165, 1.54) is 31.0 Å². The molecule has 0 radical (unpaired) electrons. The Morgan fingerprint density at radius 3 is 2.65 bits per heavy atom. The number of carbonyl (C=O) groups excluding carboxylic acids is 1. The molecule has 11 nitrogen and oxygen atoms in total. The molecule has 1 fully saturated rings. The molecule has 2 heterocycles. The summed E-state index contributed by atoms with van der Waals surface area (Å²) >= 11 is 0. The molecule has 0 saturated carbocycles. The SMILES string of the molecule is C=C1N=C(N)C=CN1[C@@H]1O[C@H](COP(=O)(N[C@@H](C)C(=O)OC(C)C)Oc2ccccc2)[C@](C)(CO)C1F. The van der Waals surface area contributed by atoms with Crippen LogP contribution in [-0.4, -0.2) is 65.7 Å². The van der Waals surface area contributed by atoms with Gasteiger partial charge in [-0.05, 0) is 39.0 Å². The second-order valence-corrected chi connectivity index (χ2v) is 11.0. The molecule has 2 aliphatic rings. The Hall–Kier alpha value is -2.76. The Morgan fingerprint density at radius 1 is 1.38 bits per heavy atom. The van der Waals surface area contributed by atoms with E-state index in [2.05, 4.69) is 16.7 Å². The summed E-state index contributed by atoms with van der Waals surface area (Å²) < 4.78 is 51.8. The normalized spacial score (nSPS) is 28.1. The van der Waals surface area contributed by atoms with Crippen LogP contribution in [0.15, 0.2) is 60.0 Å². The van der Waals surface area contributed by atoms with Gasteiger partial charge in [0.05, 0.1) is 30.8 Å². The van der Waals surface area contributed by atoms with Crippen molar-refractivity contribution in [1.29, 1.82) is 0 Å². The highest BCUT2D eigenvalue weighted by atomic mass is 31.2. The Bertz CT molecular complexity index is 1090. The molecule has 0 spiro atoms. The first kappa shape index (κ1) is 28.8. The summed E-state index contributed by atoms with van der Waals surface area (Å²) in [5.41, 5.74) is 4.23. The van der Waals surface area contributed by atoms with E-state index in [0.717, 1.165) is 0 Å². The topological polar surface area (TPSA) is 145 Å². The maximum absolute atomic E-state index is 15.6. The van der Waals surface area contributed by atoms with E-state index in [4.69, 9.17) is 24.3 Å². The van der Waals surface area contributed by atoms with Gasteiger partial charge >= 0.3 is 13.7 Å². The molecule has 4 N–H and O–H groups in total. The zero-order chi connectivity index (χ0) is 27.4. The Balaban J connectivity index is 1.80. The van der Waals surface area contributed by atoms with Gasteiger partial charge in [-0.25, -0.2) is 13.9 Å². The Kier molecular flexibility index (Phi) is 9.14. The molecule has 37 heavy (non-hydrogen) atoms. The fourth-order valence-electron chi connectivity index (χ4n) is 3.74. The first-order valence-electron chi connectivity index (χ1n) is 11.8. The Labute approximate surface area is 215 Å². The standard InChI is InChI=1S/C24H34FN4O7P/c1-15(2)34-23(31)16(3)28-37(32,36-18-9-7-6-8-10-18)33-13-19-24(5,14-30)21(25)22(35-19)29-12-11-20(26)27-17(29)4/h6-12,15-16,19,21-22,30H,4,13-14H2,1-3,5H3,(H2,26,27)(H,28,32)/t16-,19+,21?,22+,24-,37?/m0/s1. The zero-order valence-corrected chi connectivity index (χ0v) is 22.1. The molecule has 2 aliphatic heterocycles. The van der Waals surface area contributed by atoms with Crippen LogP contribution in [0, 0.1) is 5.41 Å². The van der Waals surface area contributed by atoms with Crippen LogP contribution in [0.4, 0.5) is 4.39 Å². The summed E-state index contributed by atoms with van der Waals surface area (Å²) in [5, 5.41) is 12.7. The molecule has 1 aromatic rings. The van der Waals surface area contributed by atoms with Crippen LogP contribution >= 0.6 is 7.75 Å². The number of halogens is 1. The van der Waals surface area contributed by atoms with Crippen LogP contribution in [0.3, 0.4) is 0 Å². The number of para-hydroxylation sites is 1. The Morgan fingerprint density at radius 2 is 2.05 bits per heavy atom. The number of nitrogens with two attached hydrogens (primary N) is 1. The van der Waals surface area contributed by atoms with E-state index in [9.17, 15) is 14.5 Å². The van der Waals surface area contributed by atoms with Crippen LogP contribution < -0.4 is 15.3 Å². The van der Waals surface area contributed by atoms with Crippen molar-refractivity contribution in [1.82, 2.24) is 9.99 Å². The van der Waals surface area contributed by atoms with Crippen LogP contribution in [0.2, 0.25) is 0 Å². The minimum absolute atomic E-state index is 0.159. The third-order valence-corrected chi connectivity index (χ3v) is 7.56. The summed E-state index contributed by atoms with van der Waals surface area (Å²) in [6.45, 7) is 9.05. The number of alkyl halides is 1. The molecule has 13 heteroatoms. The van der Waals surface area contributed by atoms with Crippen LogP contribution in [0.1, 0.15) is 27.7 Å². The van der Waals surface area contributed by atoms with E-state index < -0.39 is 56.9 Å². The van der Waals surface area contributed by atoms with Gasteiger partial charge in [0.1, 0.15) is 23.4 Å². The summed E-state index contributed by atoms with van der Waals surface area (Å²) in [4.78, 5) is 17.7. The number of aliphatic imine (C=N–C) groups is 1. The maximum Gasteiger partial charge on any atom is 0.459 e. The summed E-state index contributed by atoms with van der Waals surface area (Å²) in [5.74, 6) is -0.0835. The van der Waals surface area contributed by atoms with E-state index in [-0.39, 0.29) is 23.5 Å². The average Bonchev–Trinajstić information content (AvgIpc) is 3.08. The largest absolute Gasteiger partial charge is 0.462 e. The number of rotatable bonds is 11. The number of aliphatic hydroxyl groups excluding tert-OH is 1. The van der Waals surface area contributed by atoms with Crippen LogP contribution in [-0.2, 0) is 23.4 Å². The minimum Gasteiger partial charge on any atom is -0.462 e. The second kappa shape index (κ2) is 11.7. The van der Waals surface area contributed by atoms with Crippen molar-refractivity contribution < 1.29 is 37.4 Å². The van der Waals surface area contributed by atoms with Crippen molar-refractivity contribution >= 4 is 19.6 Å². The molecule has 0 aliphatic carbocycles. The zero-order valence-electron chi connectivity index (χ0n) is 21.2. The number of nitrogens with one attached hydrogen (secondary N) is 1. The van der Waals surface area contributed by atoms with Gasteiger partial charge in [-0.3, -0.25) is 9.32 Å². The van der Waals surface area contributed by atoms with Gasteiger partial charge in [0, 0.05) is 6.20 Å². The van der Waals surface area contributed by atoms with Crippen LogP contribution in [0.5, 0.6) is 5.75 Å². The number of carbonyl (C=O) groups is 1. The highest BCUT2D eigenvalue weighted by Gasteiger charge is 2.56. The molecule has 1 saturated heterocycles. The third-order valence-electron chi connectivity index (χ3n) is 5.92. The number of aliphatic hydroxyl groups is 1. The number of esters is 1. The average molecular weight is 541 g/mol. The lowest BCUT2D eigenvalue weighted by molar-refractivity contribution is -0.149. The molecule has 3 rings (SSSR count). The van der Waals surface area contributed by atoms with Crippen molar-refractivity contribution in [3.05, 3.63) is 55.0 Å². The molecule has 0 bridgehead atoms. The number of benzene rings is 1. The van der Waals surface area contributed by atoms with Crippen LogP contribution in [0.25, 0.3) is 0 Å². The lowest BCUT2D eigenvalue weighted by Crippen LogP contribution is -2.44. The fraction of sp³-hybridized carbons (Fsp3) is 0.500. The molecule has 0 amide bonds. The third kappa shape index (κ3) is 6.77. The van der Waals surface area contributed by atoms with Crippen molar-refractivity contribution in [2.24, 2.45) is 16.1 Å². The summed E-state index contributed by atoms with van der Waals surface area (Å²) in [6.07, 6.45) is -1.40. The molecular weight excluding hydrogens is 506 g/mol. The minimum atomic E-state index is -4.22. The summed E-state index contributed by atoms with van der Waals surface area (Å²) in [7, 11) is -4.22. The van der Waals surface area contributed by atoms with Gasteiger partial charge in [0.15, 0.2) is 12.4 Å². The van der Waals surface area contributed by atoms with E-state index in [0.29, 0.717) is 0 Å². The lowest BCUT2D eigenvalue weighted by atomic mass is 9.82. The number of nitrogens with zero attached hydrogens (tertiary/aromatic N) is 2. The molecule has 1 aromatic carbocycles. The number of ether oxygens (including phenoxy) is 2. The molecule has 2 unspecified atom stereocenters. The smallest absolute Gasteiger partial charge is 0.459 e. The predicted molar refractivity (Wildman–Crippen MR) is 135 cm³/mol. The van der Waals surface area contributed by atoms with Gasteiger partial charge in [-0.2, -0.15) is 5.09 Å². The van der Waals surface area contributed by atoms with Gasteiger partial charge in [-0.15, -0.1) is 0 Å².